The number of piperidine rings is 1. The number of anilines is 1. The lowest BCUT2D eigenvalue weighted by atomic mass is 10.1. The lowest BCUT2D eigenvalue weighted by molar-refractivity contribution is 0.0465. The van der Waals surface area contributed by atoms with Gasteiger partial charge in [0, 0.05) is 13.1 Å². The second-order valence-electron chi connectivity index (χ2n) is 3.55. The second-order valence-corrected chi connectivity index (χ2v) is 3.55. The number of nitrogens with two attached hydrogens (primary N) is 1. The Hall–Kier alpha value is -1.63. The van der Waals surface area contributed by atoms with Gasteiger partial charge in [0.25, 0.3) is 5.91 Å². The first-order valence-corrected chi connectivity index (χ1v) is 4.74. The number of nitrogens with zero attached hydrogens (tertiary/aromatic N) is 3. The zero-order valence-electron chi connectivity index (χ0n) is 8.09. The molecule has 7 heteroatoms. The number of β-amino-alcohol motifs (C(OH)–C–C–N with tert-alkyl or cyclic N) is 1. The fourth-order valence-electron chi connectivity index (χ4n) is 1.63. The monoisotopic (exact) mass is 212 g/mol. The van der Waals surface area contributed by atoms with Gasteiger partial charge >= 0.3 is 0 Å². The van der Waals surface area contributed by atoms with E-state index >= 15 is 0 Å². The molecule has 0 aliphatic carbocycles. The van der Waals surface area contributed by atoms with E-state index < -0.39 is 6.10 Å². The Morgan fingerprint density at radius 3 is 3.00 bits per heavy atom. The Kier molecular flexibility index (Phi) is 2.55. The van der Waals surface area contributed by atoms with Crippen molar-refractivity contribution in [2.24, 2.45) is 0 Å². The Labute approximate surface area is 85.8 Å². The lowest BCUT2D eigenvalue weighted by Crippen LogP contribution is -2.42. The van der Waals surface area contributed by atoms with E-state index in [9.17, 15) is 9.90 Å². The molecule has 1 unspecified atom stereocenters. The zero-order valence-corrected chi connectivity index (χ0v) is 8.09. The van der Waals surface area contributed by atoms with Crippen LogP contribution in [0.2, 0.25) is 0 Å². The van der Waals surface area contributed by atoms with Gasteiger partial charge in [0.2, 0.25) is 11.5 Å². The van der Waals surface area contributed by atoms with Crippen LogP contribution < -0.4 is 5.73 Å². The molecule has 2 rings (SSSR count). The number of aromatic nitrogens is 2. The average molecular weight is 212 g/mol. The van der Waals surface area contributed by atoms with Crippen LogP contribution in [0.5, 0.6) is 0 Å². The summed E-state index contributed by atoms with van der Waals surface area (Å²) in [6, 6.07) is 0. The van der Waals surface area contributed by atoms with Crippen molar-refractivity contribution in [2.45, 2.75) is 18.9 Å². The van der Waals surface area contributed by atoms with E-state index in [1.54, 1.807) is 0 Å². The second kappa shape index (κ2) is 3.85. The van der Waals surface area contributed by atoms with Gasteiger partial charge in [-0.2, -0.15) is 0 Å². The minimum atomic E-state index is -0.469. The highest BCUT2D eigenvalue weighted by atomic mass is 16.6. The molecule has 1 aliphatic heterocycles. The molecule has 1 aromatic rings. The van der Waals surface area contributed by atoms with Crippen molar-refractivity contribution in [3.05, 3.63) is 5.69 Å². The van der Waals surface area contributed by atoms with E-state index in [1.165, 1.54) is 4.90 Å². The molecule has 15 heavy (non-hydrogen) atoms. The van der Waals surface area contributed by atoms with E-state index in [2.05, 4.69) is 14.9 Å². The SMILES string of the molecule is Nc1nonc1C(=O)N1CCCC(O)C1. The molecule has 0 spiro atoms. The summed E-state index contributed by atoms with van der Waals surface area (Å²) in [5, 5.41) is 16.2. The predicted molar refractivity (Wildman–Crippen MR) is 49.9 cm³/mol. The number of hydrogen-bond acceptors (Lipinski definition) is 6. The number of amides is 1. The number of likely N-dealkylation sites (tertiary alicyclic amines) is 1. The molecule has 2 heterocycles. The van der Waals surface area contributed by atoms with Crippen molar-refractivity contribution in [1.82, 2.24) is 15.2 Å². The maximum atomic E-state index is 11.8. The van der Waals surface area contributed by atoms with Gasteiger partial charge in [-0.1, -0.05) is 0 Å². The van der Waals surface area contributed by atoms with Gasteiger partial charge in [0.1, 0.15) is 0 Å². The van der Waals surface area contributed by atoms with Crippen LogP contribution in [0, 0.1) is 0 Å². The third kappa shape index (κ3) is 1.91. The van der Waals surface area contributed by atoms with Crippen molar-refractivity contribution >= 4 is 11.7 Å². The molecule has 1 saturated heterocycles. The molecule has 1 amide bonds. The Morgan fingerprint density at radius 2 is 2.40 bits per heavy atom. The van der Waals surface area contributed by atoms with E-state index in [4.69, 9.17) is 5.73 Å². The van der Waals surface area contributed by atoms with E-state index in [-0.39, 0.29) is 17.4 Å². The normalized spacial score (nSPS) is 21.7. The summed E-state index contributed by atoms with van der Waals surface area (Å²) in [4.78, 5) is 13.3. The van der Waals surface area contributed by atoms with Crippen molar-refractivity contribution in [2.75, 3.05) is 18.8 Å². The average Bonchev–Trinajstić information content (AvgIpc) is 2.63. The van der Waals surface area contributed by atoms with Crippen molar-refractivity contribution in [3.63, 3.8) is 0 Å². The molecule has 0 bridgehead atoms. The number of aliphatic hydroxyl groups excluding tert-OH is 1. The molecule has 1 aliphatic rings. The first-order chi connectivity index (χ1) is 7.18. The van der Waals surface area contributed by atoms with Crippen LogP contribution >= 0.6 is 0 Å². The highest BCUT2D eigenvalue weighted by Crippen LogP contribution is 2.14. The summed E-state index contributed by atoms with van der Waals surface area (Å²) in [6.45, 7) is 0.910. The molecule has 0 radical (unpaired) electrons. The topological polar surface area (TPSA) is 105 Å². The molecule has 0 aromatic carbocycles. The number of carbonyl (C=O) groups excluding carboxylic acids is 1. The maximum absolute atomic E-state index is 11.8. The molecular weight excluding hydrogens is 200 g/mol. The Bertz CT molecular complexity index is 365. The van der Waals surface area contributed by atoms with E-state index in [0.717, 1.165) is 12.8 Å². The van der Waals surface area contributed by atoms with Gasteiger partial charge in [-0.15, -0.1) is 0 Å². The van der Waals surface area contributed by atoms with Crippen LogP contribution in [0.4, 0.5) is 5.82 Å². The number of carbonyl (C=O) groups is 1. The van der Waals surface area contributed by atoms with E-state index in [1.807, 2.05) is 0 Å². The van der Waals surface area contributed by atoms with Gasteiger partial charge in [0.15, 0.2) is 0 Å². The Balaban J connectivity index is 2.11. The fraction of sp³-hybridized carbons (Fsp3) is 0.625. The van der Waals surface area contributed by atoms with Gasteiger partial charge in [-0.3, -0.25) is 4.79 Å². The summed E-state index contributed by atoms with van der Waals surface area (Å²) in [7, 11) is 0. The summed E-state index contributed by atoms with van der Waals surface area (Å²) in [5.74, 6) is -0.354. The van der Waals surface area contributed by atoms with Crippen LogP contribution in [-0.4, -0.2) is 45.4 Å². The molecular formula is C8H12N4O3. The quantitative estimate of drug-likeness (QED) is 0.634. The van der Waals surface area contributed by atoms with Crippen molar-refractivity contribution in [1.29, 1.82) is 0 Å². The minimum absolute atomic E-state index is 0.0138. The van der Waals surface area contributed by atoms with Crippen LogP contribution in [0.25, 0.3) is 0 Å². The van der Waals surface area contributed by atoms with Crippen LogP contribution in [0.1, 0.15) is 23.3 Å². The minimum Gasteiger partial charge on any atom is -0.391 e. The highest BCUT2D eigenvalue weighted by Gasteiger charge is 2.27. The molecule has 82 valence electrons. The van der Waals surface area contributed by atoms with Crippen molar-refractivity contribution < 1.29 is 14.5 Å². The van der Waals surface area contributed by atoms with Crippen molar-refractivity contribution in [3.8, 4) is 0 Å². The lowest BCUT2D eigenvalue weighted by Gasteiger charge is -2.29. The number of rotatable bonds is 1. The van der Waals surface area contributed by atoms with Gasteiger partial charge < -0.3 is 15.7 Å². The van der Waals surface area contributed by atoms with E-state index in [0.29, 0.717) is 13.1 Å². The third-order valence-corrected chi connectivity index (χ3v) is 2.40. The fourth-order valence-corrected chi connectivity index (χ4v) is 1.63. The summed E-state index contributed by atoms with van der Waals surface area (Å²) in [6.07, 6.45) is 1.03. The molecule has 0 saturated carbocycles. The first kappa shape index (κ1) is 9.91. The first-order valence-electron chi connectivity index (χ1n) is 4.74. The summed E-state index contributed by atoms with van der Waals surface area (Å²) >= 11 is 0. The number of nitrogen functional groups attached to an aromatic ring is 1. The standard InChI is InChI=1S/C8H12N4O3/c9-7-6(10-15-11-7)8(14)12-3-1-2-5(13)4-12/h5,13H,1-4H2,(H2,9,11). The zero-order chi connectivity index (χ0) is 10.8. The third-order valence-electron chi connectivity index (χ3n) is 2.40. The van der Waals surface area contributed by atoms with Crippen LogP contribution in [0.3, 0.4) is 0 Å². The van der Waals surface area contributed by atoms with Gasteiger partial charge in [0.05, 0.1) is 6.10 Å². The van der Waals surface area contributed by atoms with Crippen LogP contribution in [0.15, 0.2) is 4.63 Å². The molecule has 3 N–H and O–H groups in total. The Morgan fingerprint density at radius 1 is 1.60 bits per heavy atom. The number of hydrogen-bond donors (Lipinski definition) is 2. The molecule has 1 aromatic heterocycles. The smallest absolute Gasteiger partial charge is 0.280 e. The largest absolute Gasteiger partial charge is 0.391 e. The highest BCUT2D eigenvalue weighted by molar-refractivity contribution is 5.96. The summed E-state index contributed by atoms with van der Waals surface area (Å²) < 4.78 is 4.35. The predicted octanol–water partition coefficient (Wildman–Crippen LogP) is -0.751. The van der Waals surface area contributed by atoms with Gasteiger partial charge in [-0.05, 0) is 23.2 Å². The molecule has 1 atom stereocenters. The summed E-state index contributed by atoms with van der Waals surface area (Å²) in [5.41, 5.74) is 5.42. The maximum Gasteiger partial charge on any atom is 0.280 e. The van der Waals surface area contributed by atoms with Crippen LogP contribution in [-0.2, 0) is 0 Å². The number of aliphatic hydroxyl groups is 1. The van der Waals surface area contributed by atoms with Gasteiger partial charge in [-0.25, -0.2) is 4.63 Å². The molecule has 1 fully saturated rings. The molecule has 7 nitrogen and oxygen atoms in total.